The molecule has 1 fully saturated rings. The smallest absolute Gasteiger partial charge is 0.322 e. The van der Waals surface area contributed by atoms with E-state index in [1.807, 2.05) is 55.1 Å². The molecule has 0 aliphatic carbocycles. The summed E-state index contributed by atoms with van der Waals surface area (Å²) in [7, 11) is 1.61. The van der Waals surface area contributed by atoms with E-state index in [1.165, 1.54) is 0 Å². The first kappa shape index (κ1) is 18.4. The van der Waals surface area contributed by atoms with Crippen LogP contribution in [0.15, 0.2) is 36.4 Å². The maximum absolute atomic E-state index is 12.7. The molecule has 2 aromatic rings. The zero-order valence-corrected chi connectivity index (χ0v) is 16.1. The van der Waals surface area contributed by atoms with Gasteiger partial charge in [0.1, 0.15) is 5.75 Å². The molecule has 0 unspecified atom stereocenters. The average Bonchev–Trinajstić information content (AvgIpc) is 2.65. The lowest BCUT2D eigenvalue weighted by molar-refractivity contribution is 0.208. The summed E-state index contributed by atoms with van der Waals surface area (Å²) < 4.78 is 5.40. The Bertz CT molecular complexity index is 802. The third-order valence-corrected chi connectivity index (χ3v) is 5.14. The van der Waals surface area contributed by atoms with Gasteiger partial charge in [0.25, 0.3) is 0 Å². The molecule has 26 heavy (non-hydrogen) atoms. The Morgan fingerprint density at radius 2 is 1.73 bits per heavy atom. The molecule has 0 bridgehead atoms. The summed E-state index contributed by atoms with van der Waals surface area (Å²) in [5.74, 6) is 0.677. The van der Waals surface area contributed by atoms with E-state index in [0.717, 1.165) is 34.9 Å². The molecular formula is C20H24ClN3O2. The fraction of sp³-hybridized carbons (Fsp3) is 0.350. The van der Waals surface area contributed by atoms with E-state index in [4.69, 9.17) is 16.3 Å². The molecule has 1 aliphatic heterocycles. The van der Waals surface area contributed by atoms with Crippen LogP contribution in [0.3, 0.4) is 0 Å². The number of nitrogens with one attached hydrogen (secondary N) is 1. The second kappa shape index (κ2) is 7.87. The average molecular weight is 374 g/mol. The Morgan fingerprint density at radius 1 is 1.08 bits per heavy atom. The maximum atomic E-state index is 12.7. The van der Waals surface area contributed by atoms with E-state index in [0.29, 0.717) is 24.5 Å². The van der Waals surface area contributed by atoms with Gasteiger partial charge in [-0.15, -0.1) is 0 Å². The molecule has 1 saturated heterocycles. The van der Waals surface area contributed by atoms with E-state index < -0.39 is 0 Å². The Kier molecular flexibility index (Phi) is 5.57. The predicted octanol–water partition coefficient (Wildman–Crippen LogP) is 4.32. The lowest BCUT2D eigenvalue weighted by atomic mass is 10.1. The van der Waals surface area contributed by atoms with Crippen LogP contribution >= 0.6 is 11.6 Å². The Hall–Kier alpha value is -2.40. The molecule has 1 N–H and O–H groups in total. The Morgan fingerprint density at radius 3 is 2.38 bits per heavy atom. The molecule has 2 aromatic carbocycles. The molecular weight excluding hydrogens is 350 g/mol. The molecule has 0 radical (unpaired) electrons. The summed E-state index contributed by atoms with van der Waals surface area (Å²) in [6.07, 6.45) is 0. The summed E-state index contributed by atoms with van der Waals surface area (Å²) in [5.41, 5.74) is 3.97. The van der Waals surface area contributed by atoms with Crippen LogP contribution in [0.5, 0.6) is 5.75 Å². The number of carbonyl (C=O) groups excluding carboxylic acids is 1. The third kappa shape index (κ3) is 3.88. The largest absolute Gasteiger partial charge is 0.495 e. The number of hydrogen-bond donors (Lipinski definition) is 1. The fourth-order valence-corrected chi connectivity index (χ4v) is 3.36. The highest BCUT2D eigenvalue weighted by atomic mass is 35.5. The van der Waals surface area contributed by atoms with Gasteiger partial charge in [-0.05, 0) is 49.2 Å². The highest BCUT2D eigenvalue weighted by molar-refractivity contribution is 6.33. The third-order valence-electron chi connectivity index (χ3n) is 4.82. The van der Waals surface area contributed by atoms with Gasteiger partial charge in [0.15, 0.2) is 0 Å². The molecule has 138 valence electrons. The van der Waals surface area contributed by atoms with Crippen LogP contribution in [0, 0.1) is 13.8 Å². The number of ether oxygens (including phenoxy) is 1. The van der Waals surface area contributed by atoms with Crippen LogP contribution in [-0.4, -0.2) is 44.2 Å². The Balaban J connectivity index is 1.64. The zero-order valence-electron chi connectivity index (χ0n) is 15.4. The lowest BCUT2D eigenvalue weighted by Gasteiger charge is -2.36. The summed E-state index contributed by atoms with van der Waals surface area (Å²) in [6.45, 7) is 6.83. The Labute approximate surface area is 159 Å². The first-order chi connectivity index (χ1) is 12.5. The van der Waals surface area contributed by atoms with E-state index in [9.17, 15) is 4.79 Å². The van der Waals surface area contributed by atoms with Crippen molar-refractivity contribution in [3.8, 4) is 5.75 Å². The molecule has 6 heteroatoms. The summed E-state index contributed by atoms with van der Waals surface area (Å²) >= 11 is 6.28. The molecule has 1 aliphatic rings. The topological polar surface area (TPSA) is 44.8 Å². The molecule has 0 spiro atoms. The number of para-hydroxylation sites is 1. The van der Waals surface area contributed by atoms with Crippen molar-refractivity contribution >= 4 is 29.0 Å². The van der Waals surface area contributed by atoms with Crippen LogP contribution in [0.2, 0.25) is 5.02 Å². The zero-order chi connectivity index (χ0) is 18.7. The van der Waals surface area contributed by atoms with Gasteiger partial charge in [-0.2, -0.15) is 0 Å². The first-order valence-electron chi connectivity index (χ1n) is 8.70. The van der Waals surface area contributed by atoms with E-state index in [2.05, 4.69) is 10.2 Å². The number of amides is 2. The normalized spacial score (nSPS) is 14.3. The molecule has 3 rings (SSSR count). The van der Waals surface area contributed by atoms with Gasteiger partial charge in [0.05, 0.1) is 23.5 Å². The standard InChI is InChI=1S/C20H24ClN3O2/c1-14-12-17(19(26-3)13-15(14)2)22-20(25)24-10-8-23(9-11-24)18-7-5-4-6-16(18)21/h4-7,12-13H,8-11H2,1-3H3,(H,22,25). The number of anilines is 2. The highest BCUT2D eigenvalue weighted by Crippen LogP contribution is 2.29. The second-order valence-corrected chi connectivity index (χ2v) is 6.90. The number of nitrogens with zero attached hydrogens (tertiary/aromatic N) is 2. The predicted molar refractivity (Wildman–Crippen MR) is 107 cm³/mol. The number of halogens is 1. The summed E-state index contributed by atoms with van der Waals surface area (Å²) in [4.78, 5) is 16.7. The van der Waals surface area contributed by atoms with Crippen molar-refractivity contribution in [2.24, 2.45) is 0 Å². The van der Waals surface area contributed by atoms with Gasteiger partial charge in [0, 0.05) is 26.2 Å². The first-order valence-corrected chi connectivity index (χ1v) is 9.08. The monoisotopic (exact) mass is 373 g/mol. The molecule has 1 heterocycles. The van der Waals surface area contributed by atoms with Crippen molar-refractivity contribution < 1.29 is 9.53 Å². The van der Waals surface area contributed by atoms with Crippen molar-refractivity contribution in [3.63, 3.8) is 0 Å². The molecule has 0 atom stereocenters. The van der Waals surface area contributed by atoms with Gasteiger partial charge in [-0.25, -0.2) is 4.79 Å². The molecule has 0 aromatic heterocycles. The van der Waals surface area contributed by atoms with Crippen LogP contribution < -0.4 is 15.0 Å². The minimum atomic E-state index is -0.106. The number of rotatable bonds is 3. The van der Waals surface area contributed by atoms with Crippen LogP contribution in [0.1, 0.15) is 11.1 Å². The van der Waals surface area contributed by atoms with Crippen LogP contribution in [-0.2, 0) is 0 Å². The van der Waals surface area contributed by atoms with Gasteiger partial charge in [-0.1, -0.05) is 23.7 Å². The molecule has 5 nitrogen and oxygen atoms in total. The number of piperazine rings is 1. The molecule has 2 amide bonds. The van der Waals surface area contributed by atoms with Crippen LogP contribution in [0.25, 0.3) is 0 Å². The van der Waals surface area contributed by atoms with Gasteiger partial charge >= 0.3 is 6.03 Å². The van der Waals surface area contributed by atoms with E-state index >= 15 is 0 Å². The quantitative estimate of drug-likeness (QED) is 0.871. The van der Waals surface area contributed by atoms with Gasteiger partial charge in [-0.3, -0.25) is 0 Å². The maximum Gasteiger partial charge on any atom is 0.322 e. The van der Waals surface area contributed by atoms with E-state index in [-0.39, 0.29) is 6.03 Å². The minimum Gasteiger partial charge on any atom is -0.495 e. The van der Waals surface area contributed by atoms with Crippen molar-refractivity contribution in [3.05, 3.63) is 52.5 Å². The van der Waals surface area contributed by atoms with Gasteiger partial charge in [0.2, 0.25) is 0 Å². The van der Waals surface area contributed by atoms with Crippen molar-refractivity contribution in [1.29, 1.82) is 0 Å². The molecule has 0 saturated carbocycles. The SMILES string of the molecule is COc1cc(C)c(C)cc1NC(=O)N1CCN(c2ccccc2Cl)CC1. The highest BCUT2D eigenvalue weighted by Gasteiger charge is 2.23. The summed E-state index contributed by atoms with van der Waals surface area (Å²) in [5, 5.41) is 3.72. The van der Waals surface area contributed by atoms with Crippen molar-refractivity contribution in [1.82, 2.24) is 4.90 Å². The van der Waals surface area contributed by atoms with Gasteiger partial charge < -0.3 is 19.9 Å². The fourth-order valence-electron chi connectivity index (χ4n) is 3.11. The number of urea groups is 1. The number of benzene rings is 2. The minimum absolute atomic E-state index is 0.106. The van der Waals surface area contributed by atoms with Crippen LogP contribution in [0.4, 0.5) is 16.2 Å². The number of hydrogen-bond acceptors (Lipinski definition) is 3. The lowest BCUT2D eigenvalue weighted by Crippen LogP contribution is -2.50. The second-order valence-electron chi connectivity index (χ2n) is 6.49. The van der Waals surface area contributed by atoms with E-state index in [1.54, 1.807) is 7.11 Å². The van der Waals surface area contributed by atoms with Crippen molar-refractivity contribution in [2.75, 3.05) is 43.5 Å². The number of carbonyl (C=O) groups is 1. The summed E-state index contributed by atoms with van der Waals surface area (Å²) in [6, 6.07) is 11.6. The number of methoxy groups -OCH3 is 1. The van der Waals surface area contributed by atoms with Crippen molar-refractivity contribution in [2.45, 2.75) is 13.8 Å². The number of aryl methyl sites for hydroxylation is 2.